The highest BCUT2D eigenvalue weighted by Crippen LogP contribution is 2.58. The van der Waals surface area contributed by atoms with E-state index in [1.54, 1.807) is 0 Å². The standard InChI is InChI=1S/C65H64/c1-10-63(11-2)56-35-44(43-21-20-41-18-16-17-19-42(41)34-43)22-28-50(56)51-29-23-45(36-57(51)63)46-24-30-52-53-31-25-47(38-59(53)64(12-3,13-4)58(52)37-46)48-26-32-54-55-33-27-49(62(7,8)9)40-61(55)65(14-5,15-6)60(54)39-48/h16-40H,10-15H2,1-9H3. The van der Waals surface area contributed by atoms with Crippen molar-refractivity contribution < 1.29 is 0 Å². The molecule has 8 aromatic rings. The molecule has 3 aliphatic rings. The largest absolute Gasteiger partial charge is 0.0642 e. The first kappa shape index (κ1) is 41.7. The highest BCUT2D eigenvalue weighted by molar-refractivity contribution is 5.92. The molecule has 8 aromatic carbocycles. The van der Waals surface area contributed by atoms with E-state index in [0.717, 1.165) is 38.5 Å². The molecule has 0 spiro atoms. The van der Waals surface area contributed by atoms with Gasteiger partial charge in [-0.05, 0) is 197 Å². The molecule has 0 unspecified atom stereocenters. The third-order valence-electron chi connectivity index (χ3n) is 17.3. The molecule has 324 valence electrons. The fourth-order valence-corrected chi connectivity index (χ4v) is 13.3. The fraction of sp³-hybridized carbons (Fsp3) is 0.292. The van der Waals surface area contributed by atoms with Gasteiger partial charge in [0.15, 0.2) is 0 Å². The highest BCUT2D eigenvalue weighted by Gasteiger charge is 2.44. The van der Waals surface area contributed by atoms with Gasteiger partial charge in [-0.25, -0.2) is 0 Å². The Labute approximate surface area is 388 Å². The minimum Gasteiger partial charge on any atom is -0.0642 e. The van der Waals surface area contributed by atoms with E-state index < -0.39 is 0 Å². The van der Waals surface area contributed by atoms with E-state index in [-0.39, 0.29) is 21.7 Å². The number of fused-ring (bicyclic) bond motifs is 10. The number of hydrogen-bond donors (Lipinski definition) is 0. The summed E-state index contributed by atoms with van der Waals surface area (Å²) in [5, 5.41) is 2.58. The Morgan fingerprint density at radius 3 is 0.892 bits per heavy atom. The zero-order valence-electron chi connectivity index (χ0n) is 40.2. The zero-order valence-corrected chi connectivity index (χ0v) is 40.2. The van der Waals surface area contributed by atoms with Crippen molar-refractivity contribution in [3.05, 3.63) is 191 Å². The topological polar surface area (TPSA) is 0 Å². The Hall–Kier alpha value is -5.98. The van der Waals surface area contributed by atoms with Crippen LogP contribution in [-0.4, -0.2) is 0 Å². The summed E-state index contributed by atoms with van der Waals surface area (Å²) in [6.07, 6.45) is 6.46. The highest BCUT2D eigenvalue weighted by atomic mass is 14.5. The van der Waals surface area contributed by atoms with Gasteiger partial charge in [-0.15, -0.1) is 0 Å². The number of hydrogen-bond acceptors (Lipinski definition) is 0. The lowest BCUT2D eigenvalue weighted by Crippen LogP contribution is -2.24. The smallest absolute Gasteiger partial charge is 0.0210 e. The second-order valence-corrected chi connectivity index (χ2v) is 20.7. The monoisotopic (exact) mass is 845 g/mol. The van der Waals surface area contributed by atoms with Crippen LogP contribution in [0.5, 0.6) is 0 Å². The number of benzene rings is 8. The molecule has 0 heteroatoms. The van der Waals surface area contributed by atoms with Crippen molar-refractivity contribution in [1.29, 1.82) is 0 Å². The van der Waals surface area contributed by atoms with Gasteiger partial charge in [-0.1, -0.05) is 178 Å². The minimum absolute atomic E-state index is 0.0248. The maximum atomic E-state index is 2.57. The summed E-state index contributed by atoms with van der Waals surface area (Å²) in [6.45, 7) is 21.4. The van der Waals surface area contributed by atoms with Crippen LogP contribution in [0.4, 0.5) is 0 Å². The first-order valence-corrected chi connectivity index (χ1v) is 24.9. The average Bonchev–Trinajstić information content (AvgIpc) is 3.91. The van der Waals surface area contributed by atoms with Gasteiger partial charge < -0.3 is 0 Å². The van der Waals surface area contributed by atoms with Crippen molar-refractivity contribution in [3.63, 3.8) is 0 Å². The summed E-state index contributed by atoms with van der Waals surface area (Å²) in [4.78, 5) is 0. The van der Waals surface area contributed by atoms with E-state index in [0.29, 0.717) is 0 Å². The average molecular weight is 845 g/mol. The summed E-state index contributed by atoms with van der Waals surface area (Å²) in [5.74, 6) is 0. The van der Waals surface area contributed by atoms with Crippen molar-refractivity contribution in [3.8, 4) is 66.8 Å². The molecule has 0 aliphatic heterocycles. The van der Waals surface area contributed by atoms with Crippen LogP contribution in [0.1, 0.15) is 140 Å². The van der Waals surface area contributed by atoms with E-state index in [2.05, 4.69) is 214 Å². The van der Waals surface area contributed by atoms with Gasteiger partial charge in [0.05, 0.1) is 0 Å². The summed E-state index contributed by atoms with van der Waals surface area (Å²) < 4.78 is 0. The zero-order chi connectivity index (χ0) is 45.0. The molecule has 0 saturated heterocycles. The molecule has 0 aromatic heterocycles. The first-order valence-electron chi connectivity index (χ1n) is 24.9. The molecule has 3 aliphatic carbocycles. The summed E-state index contributed by atoms with van der Waals surface area (Å²) >= 11 is 0. The minimum atomic E-state index is -0.0493. The maximum absolute atomic E-state index is 2.57. The predicted octanol–water partition coefficient (Wildman–Crippen LogP) is 18.4. The van der Waals surface area contributed by atoms with Crippen molar-refractivity contribution in [2.75, 3.05) is 0 Å². The Morgan fingerprint density at radius 1 is 0.292 bits per heavy atom. The van der Waals surface area contributed by atoms with E-state index in [1.165, 1.54) is 116 Å². The van der Waals surface area contributed by atoms with Gasteiger partial charge in [0.25, 0.3) is 0 Å². The van der Waals surface area contributed by atoms with Crippen LogP contribution in [-0.2, 0) is 21.7 Å². The Balaban J connectivity index is 0.959. The van der Waals surface area contributed by atoms with Gasteiger partial charge in [0.1, 0.15) is 0 Å². The van der Waals surface area contributed by atoms with Gasteiger partial charge in [0, 0.05) is 16.2 Å². The molecule has 0 bridgehead atoms. The molecule has 0 fully saturated rings. The molecule has 0 nitrogen and oxygen atoms in total. The van der Waals surface area contributed by atoms with Crippen LogP contribution >= 0.6 is 0 Å². The normalized spacial score (nSPS) is 15.6. The van der Waals surface area contributed by atoms with Gasteiger partial charge in [0.2, 0.25) is 0 Å². The summed E-state index contributed by atoms with van der Waals surface area (Å²) in [6, 6.07) is 59.8. The maximum Gasteiger partial charge on any atom is 0.0210 e. The quantitative estimate of drug-likeness (QED) is 0.136. The van der Waals surface area contributed by atoms with Crippen molar-refractivity contribution in [2.24, 2.45) is 0 Å². The van der Waals surface area contributed by atoms with Crippen LogP contribution in [0.15, 0.2) is 152 Å². The second-order valence-electron chi connectivity index (χ2n) is 20.7. The lowest BCUT2D eigenvalue weighted by Gasteiger charge is -2.32. The molecule has 11 rings (SSSR count). The third kappa shape index (κ3) is 5.88. The second kappa shape index (κ2) is 15.0. The van der Waals surface area contributed by atoms with Crippen LogP contribution in [0.3, 0.4) is 0 Å². The lowest BCUT2D eigenvalue weighted by atomic mass is 9.71. The predicted molar refractivity (Wildman–Crippen MR) is 279 cm³/mol. The third-order valence-corrected chi connectivity index (χ3v) is 17.3. The molecule has 0 saturated carbocycles. The summed E-state index contributed by atoms with van der Waals surface area (Å²) in [5.41, 5.74) is 26.8. The SMILES string of the molecule is CCC1(CC)c2cc(-c3ccc4c(c3)C(CC)(CC)c3cc(-c5ccc6ccccc6c5)ccc3-4)ccc2-c2ccc(-c3ccc4c(c3)C(CC)(CC)c3cc(C(C)(C)C)ccc3-4)cc21. The molecule has 65 heavy (non-hydrogen) atoms. The first-order chi connectivity index (χ1) is 31.5. The lowest BCUT2D eigenvalue weighted by molar-refractivity contribution is 0.488. The molecule has 0 radical (unpaired) electrons. The van der Waals surface area contributed by atoms with Crippen LogP contribution in [0.25, 0.3) is 77.5 Å². The Kier molecular flexibility index (Phi) is 9.65. The molecular formula is C65H64. The van der Waals surface area contributed by atoms with Gasteiger partial charge in [-0.2, -0.15) is 0 Å². The van der Waals surface area contributed by atoms with Crippen LogP contribution < -0.4 is 0 Å². The number of rotatable bonds is 9. The van der Waals surface area contributed by atoms with E-state index in [4.69, 9.17) is 0 Å². The van der Waals surface area contributed by atoms with Gasteiger partial charge in [-0.3, -0.25) is 0 Å². The molecule has 0 amide bonds. The Bertz CT molecular complexity index is 3200. The van der Waals surface area contributed by atoms with E-state index >= 15 is 0 Å². The van der Waals surface area contributed by atoms with Crippen LogP contribution in [0.2, 0.25) is 0 Å². The molecular weight excluding hydrogens is 781 g/mol. The fourth-order valence-electron chi connectivity index (χ4n) is 13.3. The van der Waals surface area contributed by atoms with E-state index in [9.17, 15) is 0 Å². The van der Waals surface area contributed by atoms with Crippen molar-refractivity contribution in [1.82, 2.24) is 0 Å². The van der Waals surface area contributed by atoms with Crippen molar-refractivity contribution >= 4 is 10.8 Å². The van der Waals surface area contributed by atoms with Gasteiger partial charge >= 0.3 is 0 Å². The van der Waals surface area contributed by atoms with E-state index in [1.807, 2.05) is 0 Å². The van der Waals surface area contributed by atoms with Crippen LogP contribution in [0, 0.1) is 0 Å². The molecule has 0 atom stereocenters. The van der Waals surface area contributed by atoms with Crippen molar-refractivity contribution in [2.45, 2.75) is 122 Å². The molecule has 0 N–H and O–H groups in total. The molecule has 0 heterocycles. The summed E-state index contributed by atoms with van der Waals surface area (Å²) in [7, 11) is 0. The Morgan fingerprint density at radius 2 is 0.569 bits per heavy atom.